The van der Waals surface area contributed by atoms with Crippen LogP contribution in [0.1, 0.15) is 18.9 Å². The highest BCUT2D eigenvalue weighted by Crippen LogP contribution is 2.34. The molecule has 5 nitrogen and oxygen atoms in total. The number of amides is 1. The van der Waals surface area contributed by atoms with Crippen molar-refractivity contribution in [2.75, 3.05) is 23.7 Å². The van der Waals surface area contributed by atoms with E-state index in [0.717, 1.165) is 12.2 Å². The number of primary amides is 1. The summed E-state index contributed by atoms with van der Waals surface area (Å²) in [5.41, 5.74) is 12.5. The summed E-state index contributed by atoms with van der Waals surface area (Å²) in [5, 5.41) is 9.12. The van der Waals surface area contributed by atoms with Gasteiger partial charge in [-0.25, -0.2) is 0 Å². The van der Waals surface area contributed by atoms with Gasteiger partial charge < -0.3 is 16.4 Å². The first-order chi connectivity index (χ1) is 8.46. The number of benzene rings is 1. The Bertz CT molecular complexity index is 534. The second-order valence-electron chi connectivity index (χ2n) is 4.98. The molecular formula is C13H16N4O. The van der Waals surface area contributed by atoms with Crippen molar-refractivity contribution in [3.05, 3.63) is 23.8 Å². The fourth-order valence-electron chi connectivity index (χ4n) is 2.29. The van der Waals surface area contributed by atoms with Crippen LogP contribution in [0.5, 0.6) is 0 Å². The van der Waals surface area contributed by atoms with Crippen LogP contribution in [0.4, 0.5) is 11.4 Å². The lowest BCUT2D eigenvalue weighted by Gasteiger charge is -2.23. The molecule has 0 radical (unpaired) electrons. The van der Waals surface area contributed by atoms with E-state index in [1.165, 1.54) is 0 Å². The van der Waals surface area contributed by atoms with Crippen LogP contribution in [0.25, 0.3) is 0 Å². The van der Waals surface area contributed by atoms with Crippen molar-refractivity contribution in [3.63, 3.8) is 0 Å². The Morgan fingerprint density at radius 1 is 1.56 bits per heavy atom. The molecular weight excluding hydrogens is 228 g/mol. The Morgan fingerprint density at radius 2 is 2.28 bits per heavy atom. The lowest BCUT2D eigenvalue weighted by molar-refractivity contribution is -0.125. The molecule has 5 heteroatoms. The standard InChI is InChI=1S/C13H16N4O/c1-13(12(16)18)4-5-17(8-13)11-3-2-10(15)6-9(11)7-14/h2-3,6H,4-5,8,15H2,1H3,(H2,16,18). The average Bonchev–Trinajstić information content (AvgIpc) is 2.73. The number of nitrogen functional groups attached to an aromatic ring is 1. The van der Waals surface area contributed by atoms with E-state index in [1.807, 2.05) is 17.9 Å². The Morgan fingerprint density at radius 3 is 2.83 bits per heavy atom. The number of nitrogens with zero attached hydrogens (tertiary/aromatic N) is 2. The molecule has 0 spiro atoms. The summed E-state index contributed by atoms with van der Waals surface area (Å²) in [5.74, 6) is -0.293. The van der Waals surface area contributed by atoms with E-state index in [4.69, 9.17) is 16.7 Å². The number of nitriles is 1. The van der Waals surface area contributed by atoms with E-state index in [9.17, 15) is 4.79 Å². The highest BCUT2D eigenvalue weighted by Gasteiger charge is 2.39. The summed E-state index contributed by atoms with van der Waals surface area (Å²) in [6.45, 7) is 3.12. The summed E-state index contributed by atoms with van der Waals surface area (Å²) >= 11 is 0. The molecule has 1 aliphatic heterocycles. The third kappa shape index (κ3) is 1.97. The predicted octanol–water partition coefficient (Wildman–Crippen LogP) is 0.842. The van der Waals surface area contributed by atoms with Gasteiger partial charge in [-0.15, -0.1) is 0 Å². The molecule has 1 aliphatic rings. The Hall–Kier alpha value is -2.22. The second kappa shape index (κ2) is 4.22. The van der Waals surface area contributed by atoms with Crippen molar-refractivity contribution < 1.29 is 4.79 Å². The van der Waals surface area contributed by atoms with E-state index in [0.29, 0.717) is 24.2 Å². The maximum Gasteiger partial charge on any atom is 0.225 e. The fraction of sp³-hybridized carbons (Fsp3) is 0.385. The first kappa shape index (κ1) is 12.2. The van der Waals surface area contributed by atoms with Crippen molar-refractivity contribution in [2.45, 2.75) is 13.3 Å². The van der Waals surface area contributed by atoms with E-state index in [-0.39, 0.29) is 5.91 Å². The van der Waals surface area contributed by atoms with E-state index < -0.39 is 5.41 Å². The highest BCUT2D eigenvalue weighted by atomic mass is 16.1. The molecule has 1 heterocycles. The average molecular weight is 244 g/mol. The van der Waals surface area contributed by atoms with Crippen LogP contribution in [-0.4, -0.2) is 19.0 Å². The predicted molar refractivity (Wildman–Crippen MR) is 69.7 cm³/mol. The Labute approximate surface area is 106 Å². The Kier molecular flexibility index (Phi) is 2.87. The van der Waals surface area contributed by atoms with Crippen LogP contribution in [-0.2, 0) is 4.79 Å². The SMILES string of the molecule is CC1(C(N)=O)CCN(c2ccc(N)cc2C#N)C1. The minimum Gasteiger partial charge on any atom is -0.399 e. The minimum atomic E-state index is -0.520. The molecule has 0 saturated carbocycles. The summed E-state index contributed by atoms with van der Waals surface area (Å²) in [6.07, 6.45) is 0.706. The van der Waals surface area contributed by atoms with Crippen LogP contribution in [0.2, 0.25) is 0 Å². The molecule has 1 aromatic carbocycles. The van der Waals surface area contributed by atoms with Gasteiger partial charge in [-0.3, -0.25) is 4.79 Å². The van der Waals surface area contributed by atoms with Crippen molar-refractivity contribution in [2.24, 2.45) is 11.1 Å². The number of hydrogen-bond donors (Lipinski definition) is 2. The van der Waals surface area contributed by atoms with Gasteiger partial charge in [0.15, 0.2) is 0 Å². The summed E-state index contributed by atoms with van der Waals surface area (Å²) in [4.78, 5) is 13.4. The molecule has 1 fully saturated rings. The van der Waals surface area contributed by atoms with E-state index >= 15 is 0 Å². The first-order valence-corrected chi connectivity index (χ1v) is 5.81. The number of nitrogens with two attached hydrogens (primary N) is 2. The zero-order chi connectivity index (χ0) is 13.3. The molecule has 1 unspecified atom stereocenters. The third-order valence-corrected chi connectivity index (χ3v) is 3.55. The van der Waals surface area contributed by atoms with Crippen LogP contribution in [0, 0.1) is 16.7 Å². The lowest BCUT2D eigenvalue weighted by Crippen LogP contribution is -2.37. The number of anilines is 2. The summed E-state index contributed by atoms with van der Waals surface area (Å²) in [7, 11) is 0. The largest absolute Gasteiger partial charge is 0.399 e. The highest BCUT2D eigenvalue weighted by molar-refractivity contribution is 5.82. The maximum atomic E-state index is 11.4. The van der Waals surface area contributed by atoms with Gasteiger partial charge in [0.1, 0.15) is 6.07 Å². The van der Waals surface area contributed by atoms with Crippen molar-refractivity contribution in [1.82, 2.24) is 0 Å². The number of hydrogen-bond acceptors (Lipinski definition) is 4. The first-order valence-electron chi connectivity index (χ1n) is 5.81. The number of carbonyl (C=O) groups excluding carboxylic acids is 1. The van der Waals surface area contributed by atoms with Crippen LogP contribution >= 0.6 is 0 Å². The molecule has 4 N–H and O–H groups in total. The molecule has 18 heavy (non-hydrogen) atoms. The zero-order valence-electron chi connectivity index (χ0n) is 10.3. The minimum absolute atomic E-state index is 0.293. The molecule has 0 bridgehead atoms. The number of carbonyl (C=O) groups is 1. The van der Waals surface area contributed by atoms with Crippen LogP contribution < -0.4 is 16.4 Å². The van der Waals surface area contributed by atoms with Crippen molar-refractivity contribution >= 4 is 17.3 Å². The quantitative estimate of drug-likeness (QED) is 0.753. The monoisotopic (exact) mass is 244 g/mol. The molecule has 94 valence electrons. The third-order valence-electron chi connectivity index (χ3n) is 3.55. The fourth-order valence-corrected chi connectivity index (χ4v) is 2.29. The van der Waals surface area contributed by atoms with Crippen LogP contribution in [0.3, 0.4) is 0 Å². The van der Waals surface area contributed by atoms with Gasteiger partial charge in [-0.2, -0.15) is 5.26 Å². The van der Waals surface area contributed by atoms with Gasteiger partial charge in [0.2, 0.25) is 5.91 Å². The van der Waals surface area contributed by atoms with Gasteiger partial charge in [-0.05, 0) is 31.5 Å². The van der Waals surface area contributed by atoms with Crippen molar-refractivity contribution in [3.8, 4) is 6.07 Å². The smallest absolute Gasteiger partial charge is 0.225 e. The van der Waals surface area contributed by atoms with Crippen molar-refractivity contribution in [1.29, 1.82) is 5.26 Å². The normalized spacial score (nSPS) is 22.8. The van der Waals surface area contributed by atoms with Crippen LogP contribution in [0.15, 0.2) is 18.2 Å². The summed E-state index contributed by atoms with van der Waals surface area (Å²) in [6, 6.07) is 7.36. The maximum absolute atomic E-state index is 11.4. The molecule has 2 rings (SSSR count). The van der Waals surface area contributed by atoms with Gasteiger partial charge >= 0.3 is 0 Å². The van der Waals surface area contributed by atoms with Gasteiger partial charge in [0.25, 0.3) is 0 Å². The van der Waals surface area contributed by atoms with Gasteiger partial charge in [0, 0.05) is 18.8 Å². The molecule has 0 aliphatic carbocycles. The van der Waals surface area contributed by atoms with Gasteiger partial charge in [-0.1, -0.05) is 0 Å². The van der Waals surface area contributed by atoms with Gasteiger partial charge in [0.05, 0.1) is 16.7 Å². The van der Waals surface area contributed by atoms with E-state index in [2.05, 4.69) is 6.07 Å². The lowest BCUT2D eigenvalue weighted by atomic mass is 9.89. The molecule has 1 amide bonds. The summed E-state index contributed by atoms with van der Waals surface area (Å²) < 4.78 is 0. The topological polar surface area (TPSA) is 96.1 Å². The molecule has 1 aromatic rings. The second-order valence-corrected chi connectivity index (χ2v) is 4.98. The molecule has 0 aromatic heterocycles. The molecule has 1 atom stereocenters. The van der Waals surface area contributed by atoms with E-state index in [1.54, 1.807) is 12.1 Å². The zero-order valence-corrected chi connectivity index (χ0v) is 10.3. The number of rotatable bonds is 2. The molecule has 1 saturated heterocycles. The Balaban J connectivity index is 2.30.